The van der Waals surface area contributed by atoms with E-state index in [0.29, 0.717) is 28.6 Å². The third kappa shape index (κ3) is 5.80. The third-order valence-electron chi connectivity index (χ3n) is 6.27. The average molecular weight is 562 g/mol. The molecule has 0 aliphatic heterocycles. The van der Waals surface area contributed by atoms with E-state index in [0.717, 1.165) is 16.3 Å². The van der Waals surface area contributed by atoms with Gasteiger partial charge in [0.05, 0.1) is 11.4 Å². The van der Waals surface area contributed by atoms with Crippen LogP contribution in [0.4, 0.5) is 32.3 Å². The van der Waals surface area contributed by atoms with Gasteiger partial charge in [-0.1, -0.05) is 48.0 Å². The van der Waals surface area contributed by atoms with Crippen molar-refractivity contribution >= 4 is 39.9 Å². The Morgan fingerprint density at radius 2 is 1.71 bits per heavy atom. The number of carbonyl (C=O) groups excluding carboxylic acids is 1. The summed E-state index contributed by atoms with van der Waals surface area (Å²) in [5.41, 5.74) is 2.80. The number of halogens is 1. The lowest BCUT2D eigenvalue weighted by atomic mass is 10.1. The predicted molar refractivity (Wildman–Crippen MR) is 158 cm³/mol. The molecule has 0 aliphatic rings. The monoisotopic (exact) mass is 561 g/mol. The van der Waals surface area contributed by atoms with E-state index >= 15 is 0 Å². The van der Waals surface area contributed by atoms with Gasteiger partial charge in [-0.15, -0.1) is 5.10 Å². The number of ether oxygens (including phenoxy) is 1. The van der Waals surface area contributed by atoms with Crippen LogP contribution in [0, 0.1) is 12.7 Å². The van der Waals surface area contributed by atoms with Gasteiger partial charge < -0.3 is 20.5 Å². The maximum absolute atomic E-state index is 13.6. The molecule has 0 unspecified atom stereocenters. The molecule has 0 fully saturated rings. The number of aromatic nitrogens is 4. The minimum absolute atomic E-state index is 0.225. The number of benzene rings is 4. The number of aromatic hydroxyl groups is 1. The zero-order valence-corrected chi connectivity index (χ0v) is 22.2. The number of hydrogen-bond donors (Lipinski definition) is 4. The Labute approximate surface area is 239 Å². The van der Waals surface area contributed by atoms with Crippen LogP contribution in [-0.4, -0.2) is 30.9 Å². The Morgan fingerprint density at radius 1 is 0.905 bits per heavy atom. The van der Waals surface area contributed by atoms with E-state index in [1.165, 1.54) is 29.1 Å². The Morgan fingerprint density at radius 3 is 2.52 bits per heavy atom. The molecule has 0 atom stereocenters. The highest BCUT2D eigenvalue weighted by molar-refractivity contribution is 6.07. The van der Waals surface area contributed by atoms with E-state index in [1.54, 1.807) is 30.3 Å². The fraction of sp³-hybridized carbons (Fsp3) is 0.0323. The summed E-state index contributed by atoms with van der Waals surface area (Å²) >= 11 is 0. The van der Waals surface area contributed by atoms with Crippen molar-refractivity contribution < 1.29 is 19.0 Å². The summed E-state index contributed by atoms with van der Waals surface area (Å²) < 4.78 is 21.1. The number of fused-ring (bicyclic) bond motifs is 1. The van der Waals surface area contributed by atoms with E-state index in [4.69, 9.17) is 4.74 Å². The molecule has 0 saturated carbocycles. The van der Waals surface area contributed by atoms with Crippen LogP contribution in [0.3, 0.4) is 0 Å². The first kappa shape index (κ1) is 26.3. The number of nitrogens with one attached hydrogen (secondary N) is 3. The quantitative estimate of drug-likeness (QED) is 0.163. The van der Waals surface area contributed by atoms with Crippen molar-refractivity contribution in [2.45, 2.75) is 6.92 Å². The highest BCUT2D eigenvalue weighted by atomic mass is 19.1. The summed E-state index contributed by atoms with van der Waals surface area (Å²) in [7, 11) is 0. The van der Waals surface area contributed by atoms with Crippen LogP contribution in [0.2, 0.25) is 0 Å². The van der Waals surface area contributed by atoms with E-state index in [9.17, 15) is 14.3 Å². The largest absolute Gasteiger partial charge is 0.492 e. The van der Waals surface area contributed by atoms with Gasteiger partial charge in [-0.05, 0) is 49.4 Å². The van der Waals surface area contributed by atoms with E-state index < -0.39 is 6.03 Å². The fourth-order valence-electron chi connectivity index (χ4n) is 4.35. The molecule has 0 bridgehead atoms. The van der Waals surface area contributed by atoms with Crippen LogP contribution in [0.1, 0.15) is 5.56 Å². The average Bonchev–Trinajstić information content (AvgIpc) is 3.34. The maximum atomic E-state index is 13.6. The highest BCUT2D eigenvalue weighted by Crippen LogP contribution is 2.34. The molecular weight excluding hydrogens is 537 g/mol. The zero-order chi connectivity index (χ0) is 29.1. The highest BCUT2D eigenvalue weighted by Gasteiger charge is 2.15. The normalized spacial score (nSPS) is 10.8. The number of urea groups is 1. The zero-order valence-electron chi connectivity index (χ0n) is 22.2. The topological polar surface area (TPSA) is 126 Å². The summed E-state index contributed by atoms with van der Waals surface area (Å²) in [5.74, 6) is 0.719. The van der Waals surface area contributed by atoms with Crippen LogP contribution in [0.15, 0.2) is 103 Å². The summed E-state index contributed by atoms with van der Waals surface area (Å²) in [6, 6.07) is 26.8. The first-order valence-electron chi connectivity index (χ1n) is 12.9. The second-order valence-electron chi connectivity index (χ2n) is 9.33. The van der Waals surface area contributed by atoms with Crippen molar-refractivity contribution in [1.29, 1.82) is 0 Å². The van der Waals surface area contributed by atoms with Gasteiger partial charge in [0.15, 0.2) is 0 Å². The number of amides is 2. The lowest BCUT2D eigenvalue weighted by molar-refractivity contribution is 0.262. The summed E-state index contributed by atoms with van der Waals surface area (Å²) in [4.78, 5) is 21.6. The molecule has 6 rings (SSSR count). The van der Waals surface area contributed by atoms with Crippen LogP contribution in [-0.2, 0) is 0 Å². The number of hydrogen-bond acceptors (Lipinski definition) is 7. The molecule has 4 aromatic carbocycles. The van der Waals surface area contributed by atoms with Crippen molar-refractivity contribution in [3.05, 3.63) is 115 Å². The van der Waals surface area contributed by atoms with Crippen LogP contribution in [0.5, 0.6) is 17.5 Å². The third-order valence-corrected chi connectivity index (χ3v) is 6.27. The SMILES string of the molecule is Cc1ccc(-n2nc(O)cc2NC(=O)Nc2ccc(Oc3ccnc(Nc4cccc(F)c4)n3)c3ccccc23)cc1. The fourth-order valence-corrected chi connectivity index (χ4v) is 4.35. The molecule has 0 spiro atoms. The standard InChI is InChI=1S/C31H24FN7O3/c1-19-9-11-22(12-10-19)39-27(18-28(40)38-39)36-31(41)35-25-13-14-26(24-8-3-2-7-23(24)25)42-29-15-16-33-30(37-29)34-21-6-4-5-20(32)17-21/h2-18H,1H3,(H,38,40)(H,33,34,37)(H2,35,36,41). The van der Waals surface area contributed by atoms with E-state index in [1.807, 2.05) is 55.5 Å². The Hall–Kier alpha value is -5.97. The van der Waals surface area contributed by atoms with Gasteiger partial charge in [-0.25, -0.2) is 18.9 Å². The molecule has 11 heteroatoms. The Bertz CT molecular complexity index is 1910. The number of aryl methyl sites for hydroxylation is 1. The second kappa shape index (κ2) is 11.3. The van der Waals surface area contributed by atoms with Gasteiger partial charge in [0.25, 0.3) is 0 Å². The van der Waals surface area contributed by atoms with E-state index in [2.05, 4.69) is 31.0 Å². The van der Waals surface area contributed by atoms with Crippen molar-refractivity contribution in [2.24, 2.45) is 0 Å². The summed E-state index contributed by atoms with van der Waals surface area (Å²) in [5, 5.41) is 24.1. The van der Waals surface area contributed by atoms with Gasteiger partial charge >= 0.3 is 6.03 Å². The number of nitrogens with zero attached hydrogens (tertiary/aromatic N) is 4. The van der Waals surface area contributed by atoms with Crippen LogP contribution < -0.4 is 20.7 Å². The van der Waals surface area contributed by atoms with Gasteiger partial charge in [0.2, 0.25) is 17.7 Å². The van der Waals surface area contributed by atoms with Crippen LogP contribution >= 0.6 is 0 Å². The van der Waals surface area contributed by atoms with E-state index in [-0.39, 0.29) is 23.5 Å². The van der Waals surface area contributed by atoms with Crippen molar-refractivity contribution in [1.82, 2.24) is 19.7 Å². The molecule has 0 radical (unpaired) electrons. The first-order valence-corrected chi connectivity index (χ1v) is 12.9. The number of anilines is 4. The van der Waals surface area contributed by atoms with Crippen LogP contribution in [0.25, 0.3) is 16.5 Å². The second-order valence-corrected chi connectivity index (χ2v) is 9.33. The minimum Gasteiger partial charge on any atom is -0.492 e. The van der Waals surface area contributed by atoms with Crippen molar-refractivity contribution in [3.63, 3.8) is 0 Å². The van der Waals surface area contributed by atoms with Gasteiger partial charge in [0, 0.05) is 34.8 Å². The van der Waals surface area contributed by atoms with Gasteiger partial charge in [0.1, 0.15) is 17.4 Å². The first-order chi connectivity index (χ1) is 20.4. The van der Waals surface area contributed by atoms with Crippen molar-refractivity contribution in [3.8, 4) is 23.2 Å². The smallest absolute Gasteiger partial charge is 0.324 e. The minimum atomic E-state index is -0.522. The molecular formula is C31H24FN7O3. The molecule has 2 aromatic heterocycles. The molecule has 4 N–H and O–H groups in total. The predicted octanol–water partition coefficient (Wildman–Crippen LogP) is 7.15. The molecule has 2 heterocycles. The molecule has 6 aromatic rings. The Balaban J connectivity index is 1.21. The number of carbonyl (C=O) groups is 1. The molecule has 10 nitrogen and oxygen atoms in total. The summed E-state index contributed by atoms with van der Waals surface area (Å²) in [6.07, 6.45) is 1.53. The molecule has 0 aliphatic carbocycles. The molecule has 208 valence electrons. The van der Waals surface area contributed by atoms with Crippen molar-refractivity contribution in [2.75, 3.05) is 16.0 Å². The number of rotatable bonds is 7. The summed E-state index contributed by atoms with van der Waals surface area (Å²) in [6.45, 7) is 1.97. The molecule has 42 heavy (non-hydrogen) atoms. The lowest BCUT2D eigenvalue weighted by Gasteiger charge is -2.14. The lowest BCUT2D eigenvalue weighted by Crippen LogP contribution is -2.21. The Kier molecular flexibility index (Phi) is 7.04. The maximum Gasteiger partial charge on any atom is 0.324 e. The van der Waals surface area contributed by atoms with Gasteiger partial charge in [-0.3, -0.25) is 5.32 Å². The molecule has 0 saturated heterocycles. The van der Waals surface area contributed by atoms with Gasteiger partial charge in [-0.2, -0.15) is 4.98 Å². The molecule has 2 amide bonds.